The van der Waals surface area contributed by atoms with Crippen LogP contribution in [0.4, 0.5) is 5.69 Å². The van der Waals surface area contributed by atoms with Gasteiger partial charge in [-0.25, -0.2) is 4.79 Å². The number of methoxy groups -OCH3 is 1. The number of nitrogens with one attached hydrogen (secondary N) is 1. The normalized spacial score (nSPS) is 11.6. The molecule has 1 atom stereocenters. The number of nitrogens with zero attached hydrogens (tertiary/aromatic N) is 1. The van der Waals surface area contributed by atoms with E-state index in [1.54, 1.807) is 6.07 Å². The number of hydrogen-bond acceptors (Lipinski definition) is 5. The molecule has 0 saturated carbocycles. The number of carbonyl (C=O) groups is 1. The van der Waals surface area contributed by atoms with Gasteiger partial charge >= 0.3 is 5.97 Å². The molecule has 2 N–H and O–H groups in total. The van der Waals surface area contributed by atoms with Crippen molar-refractivity contribution >= 4 is 23.4 Å². The van der Waals surface area contributed by atoms with Crippen LogP contribution in [0.25, 0.3) is 0 Å². The number of rotatable bonds is 6. The minimum absolute atomic E-state index is 0.109. The number of carboxylic acid groups (broad SMARTS) is 1. The summed E-state index contributed by atoms with van der Waals surface area (Å²) < 4.78 is 4.81. The number of aliphatic carboxylic acids is 1. The van der Waals surface area contributed by atoms with Crippen molar-refractivity contribution in [1.29, 1.82) is 5.26 Å². The predicted molar refractivity (Wildman–Crippen MR) is 69.9 cm³/mol. The van der Waals surface area contributed by atoms with Gasteiger partial charge in [-0.2, -0.15) is 5.26 Å². The summed E-state index contributed by atoms with van der Waals surface area (Å²) in [4.78, 5) is 11.6. The molecule has 96 valence electrons. The standard InChI is InChI=1S/C12H14N2O3S/c1-17-10(12(15)16)7-14-9-4-3-5-11(18-2)8(9)6-13/h3-5,10,14H,7H2,1-2H3,(H,15,16). The second kappa shape index (κ2) is 6.89. The molecule has 0 heterocycles. The Kier molecular flexibility index (Phi) is 5.49. The van der Waals surface area contributed by atoms with Crippen molar-refractivity contribution in [3.8, 4) is 6.07 Å². The van der Waals surface area contributed by atoms with Crippen molar-refractivity contribution < 1.29 is 14.6 Å². The minimum Gasteiger partial charge on any atom is -0.479 e. The van der Waals surface area contributed by atoms with Crippen molar-refractivity contribution in [2.24, 2.45) is 0 Å². The quantitative estimate of drug-likeness (QED) is 0.764. The Hall–Kier alpha value is -1.71. The number of hydrogen-bond donors (Lipinski definition) is 2. The average molecular weight is 266 g/mol. The number of carboxylic acids is 1. The molecule has 0 radical (unpaired) electrons. The molecule has 18 heavy (non-hydrogen) atoms. The molecule has 1 rings (SSSR count). The maximum atomic E-state index is 10.8. The van der Waals surface area contributed by atoms with Crippen LogP contribution in [0.15, 0.2) is 23.1 Å². The molecule has 1 unspecified atom stereocenters. The molecule has 5 nitrogen and oxygen atoms in total. The van der Waals surface area contributed by atoms with Crippen LogP contribution in [-0.4, -0.2) is 37.1 Å². The summed E-state index contributed by atoms with van der Waals surface area (Å²) in [7, 11) is 1.34. The number of nitriles is 1. The van der Waals surface area contributed by atoms with Gasteiger partial charge in [0.25, 0.3) is 0 Å². The molecule has 0 saturated heterocycles. The highest BCUT2D eigenvalue weighted by Gasteiger charge is 2.16. The molecular formula is C12H14N2O3S. The molecular weight excluding hydrogens is 252 g/mol. The van der Waals surface area contributed by atoms with Crippen LogP contribution in [0.2, 0.25) is 0 Å². The van der Waals surface area contributed by atoms with E-state index < -0.39 is 12.1 Å². The first-order valence-electron chi connectivity index (χ1n) is 5.20. The van der Waals surface area contributed by atoms with Crippen LogP contribution in [-0.2, 0) is 9.53 Å². The van der Waals surface area contributed by atoms with Crippen LogP contribution < -0.4 is 5.32 Å². The maximum absolute atomic E-state index is 10.8. The molecule has 0 aliphatic carbocycles. The van der Waals surface area contributed by atoms with E-state index in [9.17, 15) is 4.79 Å². The van der Waals surface area contributed by atoms with Gasteiger partial charge in [0.2, 0.25) is 0 Å². The summed E-state index contributed by atoms with van der Waals surface area (Å²) in [6.07, 6.45) is 0.948. The average Bonchev–Trinajstić information content (AvgIpc) is 2.38. The third kappa shape index (κ3) is 3.39. The van der Waals surface area contributed by atoms with Gasteiger partial charge in [0, 0.05) is 12.0 Å². The molecule has 0 bridgehead atoms. The van der Waals surface area contributed by atoms with Gasteiger partial charge in [-0.05, 0) is 18.4 Å². The van der Waals surface area contributed by atoms with E-state index in [0.29, 0.717) is 11.3 Å². The topological polar surface area (TPSA) is 82.3 Å². The fourth-order valence-corrected chi connectivity index (χ4v) is 2.01. The third-order valence-corrected chi connectivity index (χ3v) is 3.18. The fraction of sp³-hybridized carbons (Fsp3) is 0.333. The van der Waals surface area contributed by atoms with Gasteiger partial charge in [0.05, 0.1) is 17.8 Å². The molecule has 0 aromatic heterocycles. The van der Waals surface area contributed by atoms with Gasteiger partial charge < -0.3 is 15.2 Å². The summed E-state index contributed by atoms with van der Waals surface area (Å²) in [6.45, 7) is 0.109. The zero-order valence-electron chi connectivity index (χ0n) is 10.1. The van der Waals surface area contributed by atoms with Crippen LogP contribution in [0.5, 0.6) is 0 Å². The van der Waals surface area contributed by atoms with Gasteiger partial charge in [0.1, 0.15) is 6.07 Å². The first-order chi connectivity index (χ1) is 8.63. The van der Waals surface area contributed by atoms with Crippen LogP contribution >= 0.6 is 11.8 Å². The molecule has 6 heteroatoms. The maximum Gasteiger partial charge on any atom is 0.334 e. The third-order valence-electron chi connectivity index (χ3n) is 2.40. The number of benzene rings is 1. The highest BCUT2D eigenvalue weighted by atomic mass is 32.2. The number of anilines is 1. The van der Waals surface area contributed by atoms with Crippen LogP contribution in [0.3, 0.4) is 0 Å². The van der Waals surface area contributed by atoms with E-state index in [2.05, 4.69) is 11.4 Å². The largest absolute Gasteiger partial charge is 0.479 e. The van der Waals surface area contributed by atoms with Gasteiger partial charge in [-0.1, -0.05) is 6.07 Å². The Labute approximate surface area is 110 Å². The Morgan fingerprint density at radius 2 is 2.39 bits per heavy atom. The van der Waals surface area contributed by atoms with Crippen molar-refractivity contribution in [2.45, 2.75) is 11.0 Å². The minimum atomic E-state index is -1.04. The lowest BCUT2D eigenvalue weighted by Gasteiger charge is -2.14. The summed E-state index contributed by atoms with van der Waals surface area (Å²) >= 11 is 1.47. The SMILES string of the molecule is COC(CNc1cccc(SC)c1C#N)C(=O)O. The fourth-order valence-electron chi connectivity index (χ4n) is 1.44. The van der Waals surface area contributed by atoms with E-state index >= 15 is 0 Å². The van der Waals surface area contributed by atoms with Gasteiger partial charge in [-0.15, -0.1) is 11.8 Å². The molecule has 0 fully saturated rings. The van der Waals surface area contributed by atoms with Gasteiger partial charge in [0.15, 0.2) is 6.10 Å². The zero-order chi connectivity index (χ0) is 13.5. The zero-order valence-corrected chi connectivity index (χ0v) is 11.0. The van der Waals surface area contributed by atoms with Crippen molar-refractivity contribution in [3.63, 3.8) is 0 Å². The van der Waals surface area contributed by atoms with Crippen molar-refractivity contribution in [3.05, 3.63) is 23.8 Å². The summed E-state index contributed by atoms with van der Waals surface area (Å²) in [5, 5.41) is 20.9. The second-order valence-corrected chi connectivity index (χ2v) is 4.29. The molecule has 1 aromatic carbocycles. The highest BCUT2D eigenvalue weighted by molar-refractivity contribution is 7.98. The van der Waals surface area contributed by atoms with Crippen molar-refractivity contribution in [1.82, 2.24) is 0 Å². The Balaban J connectivity index is 2.85. The first-order valence-corrected chi connectivity index (χ1v) is 6.43. The van der Waals surface area contributed by atoms with Gasteiger partial charge in [-0.3, -0.25) is 0 Å². The lowest BCUT2D eigenvalue weighted by atomic mass is 10.2. The highest BCUT2D eigenvalue weighted by Crippen LogP contribution is 2.26. The van der Waals surface area contributed by atoms with E-state index in [1.165, 1.54) is 18.9 Å². The summed E-state index contributed by atoms with van der Waals surface area (Å²) in [5.74, 6) is -1.04. The lowest BCUT2D eigenvalue weighted by Crippen LogP contribution is -2.30. The molecule has 0 amide bonds. The van der Waals surface area contributed by atoms with E-state index in [4.69, 9.17) is 15.1 Å². The van der Waals surface area contributed by atoms with Crippen LogP contribution in [0, 0.1) is 11.3 Å². The van der Waals surface area contributed by atoms with E-state index in [-0.39, 0.29) is 6.54 Å². The molecule has 0 aliphatic rings. The monoisotopic (exact) mass is 266 g/mol. The summed E-state index contributed by atoms with van der Waals surface area (Å²) in [6, 6.07) is 7.52. The Morgan fingerprint density at radius 3 is 2.89 bits per heavy atom. The Morgan fingerprint density at radius 1 is 1.67 bits per heavy atom. The van der Waals surface area contributed by atoms with Crippen molar-refractivity contribution in [2.75, 3.05) is 25.2 Å². The Bertz CT molecular complexity index is 471. The lowest BCUT2D eigenvalue weighted by molar-refractivity contribution is -0.147. The summed E-state index contributed by atoms with van der Waals surface area (Å²) in [5.41, 5.74) is 1.14. The number of ether oxygens (including phenoxy) is 1. The van der Waals surface area contributed by atoms with E-state index in [0.717, 1.165) is 4.90 Å². The molecule has 0 spiro atoms. The number of thioether (sulfide) groups is 1. The first kappa shape index (κ1) is 14.4. The van der Waals surface area contributed by atoms with Crippen LogP contribution in [0.1, 0.15) is 5.56 Å². The second-order valence-electron chi connectivity index (χ2n) is 3.44. The predicted octanol–water partition coefficient (Wildman–Crippen LogP) is 1.79. The molecule has 1 aromatic rings. The molecule has 0 aliphatic heterocycles. The smallest absolute Gasteiger partial charge is 0.334 e. The van der Waals surface area contributed by atoms with E-state index in [1.807, 2.05) is 18.4 Å².